The van der Waals surface area contributed by atoms with E-state index in [-0.39, 0.29) is 46.4 Å². The highest BCUT2D eigenvalue weighted by Crippen LogP contribution is 2.49. The number of carbonyl (C=O) groups excluding carboxylic acids is 2. The maximum absolute atomic E-state index is 11.8. The van der Waals surface area contributed by atoms with Crippen molar-refractivity contribution in [1.29, 1.82) is 0 Å². The zero-order chi connectivity index (χ0) is 29.9. The third kappa shape index (κ3) is 10.3. The molecule has 0 N–H and O–H groups in total. The highest BCUT2D eigenvalue weighted by molar-refractivity contribution is 6.74. The minimum absolute atomic E-state index is 0.0157. The van der Waals surface area contributed by atoms with Crippen molar-refractivity contribution in [2.45, 2.75) is 134 Å². The molecule has 1 aromatic rings. The molecule has 0 radical (unpaired) electrons. The summed E-state index contributed by atoms with van der Waals surface area (Å²) in [6.07, 6.45) is 12.1. The van der Waals surface area contributed by atoms with Gasteiger partial charge in [0.15, 0.2) is 8.32 Å². The molecule has 0 aliphatic heterocycles. The molecule has 1 aromatic carbocycles. The topological polar surface area (TPSA) is 61.8 Å². The van der Waals surface area contributed by atoms with Gasteiger partial charge in [0.25, 0.3) is 0 Å². The average molecular weight is 593 g/mol. The highest BCUT2D eigenvalue weighted by Gasteiger charge is 2.48. The lowest BCUT2D eigenvalue weighted by Crippen LogP contribution is -2.44. The fourth-order valence-corrected chi connectivity index (χ4v) is 7.11. The molecule has 0 amide bonds. The number of rotatable bonds is 15. The molecular weight excluding hydrogens is 540 g/mol. The molecule has 2 unspecified atom stereocenters. The lowest BCUT2D eigenvalue weighted by atomic mass is 9.84. The number of hydrogen-bond donors (Lipinski definition) is 0. The van der Waals surface area contributed by atoms with Crippen molar-refractivity contribution < 1.29 is 23.5 Å². The average Bonchev–Trinajstić information content (AvgIpc) is 3.18. The Morgan fingerprint density at radius 1 is 1.10 bits per heavy atom. The smallest absolute Gasteiger partial charge is 0.305 e. The van der Waals surface area contributed by atoms with E-state index in [0.717, 1.165) is 56.9 Å². The number of esters is 2. The molecule has 5 nitrogen and oxygen atoms in total. The fourth-order valence-electron chi connectivity index (χ4n) is 5.32. The normalized spacial score (nSPS) is 22.4. The molecule has 0 heterocycles. The third-order valence-electron chi connectivity index (χ3n) is 8.66. The van der Waals surface area contributed by atoms with Gasteiger partial charge in [-0.3, -0.25) is 9.59 Å². The Morgan fingerprint density at radius 3 is 2.35 bits per heavy atom. The van der Waals surface area contributed by atoms with Crippen molar-refractivity contribution in [2.24, 2.45) is 5.92 Å². The van der Waals surface area contributed by atoms with E-state index in [0.29, 0.717) is 6.42 Å². The number of alkyl halides is 1. The molecule has 5 atom stereocenters. The third-order valence-corrected chi connectivity index (χ3v) is 13.7. The zero-order valence-corrected chi connectivity index (χ0v) is 27.9. The summed E-state index contributed by atoms with van der Waals surface area (Å²) >= 11 is 7.05. The predicted octanol–water partition coefficient (Wildman–Crippen LogP) is 9.26. The van der Waals surface area contributed by atoms with E-state index in [9.17, 15) is 9.59 Å². The molecule has 1 fully saturated rings. The predicted molar refractivity (Wildman–Crippen MR) is 167 cm³/mol. The Balaban J connectivity index is 2.29. The maximum atomic E-state index is 11.8. The van der Waals surface area contributed by atoms with Gasteiger partial charge in [-0.25, -0.2) is 0 Å². The number of halogens is 1. The molecule has 0 aromatic heterocycles. The fraction of sp³-hybridized carbons (Fsp3) is 0.697. The molecule has 226 valence electrons. The van der Waals surface area contributed by atoms with Crippen LogP contribution in [0, 0.1) is 5.92 Å². The summed E-state index contributed by atoms with van der Waals surface area (Å²) in [5, 5.41) is 0.123. The van der Waals surface area contributed by atoms with E-state index in [1.54, 1.807) is 0 Å². The van der Waals surface area contributed by atoms with Gasteiger partial charge in [0.1, 0.15) is 6.10 Å². The van der Waals surface area contributed by atoms with Crippen molar-refractivity contribution in [1.82, 2.24) is 0 Å². The quantitative estimate of drug-likeness (QED) is 0.0667. The van der Waals surface area contributed by atoms with Crippen molar-refractivity contribution in [2.75, 3.05) is 7.11 Å². The van der Waals surface area contributed by atoms with Crippen molar-refractivity contribution in [3.63, 3.8) is 0 Å². The molecule has 2 rings (SSSR count). The van der Waals surface area contributed by atoms with Crippen molar-refractivity contribution in [3.8, 4) is 0 Å². The summed E-state index contributed by atoms with van der Waals surface area (Å²) in [4.78, 5) is 23.2. The molecule has 7 heteroatoms. The summed E-state index contributed by atoms with van der Waals surface area (Å²) in [5.74, 6) is 0.0127. The van der Waals surface area contributed by atoms with Gasteiger partial charge in [-0.2, -0.15) is 0 Å². The lowest BCUT2D eigenvalue weighted by molar-refractivity contribution is -0.147. The van der Waals surface area contributed by atoms with Crippen LogP contribution < -0.4 is 0 Å². The van der Waals surface area contributed by atoms with Crippen molar-refractivity contribution >= 4 is 31.9 Å². The van der Waals surface area contributed by atoms with Gasteiger partial charge in [-0.1, -0.05) is 77.0 Å². The lowest BCUT2D eigenvalue weighted by Gasteiger charge is -2.40. The van der Waals surface area contributed by atoms with Gasteiger partial charge in [0.05, 0.1) is 13.2 Å². The van der Waals surface area contributed by atoms with Gasteiger partial charge >= 0.3 is 11.9 Å². The van der Waals surface area contributed by atoms with Crippen LogP contribution in [0.1, 0.15) is 116 Å². The zero-order valence-electron chi connectivity index (χ0n) is 26.1. The van der Waals surface area contributed by atoms with Crippen LogP contribution in [0.2, 0.25) is 18.1 Å². The van der Waals surface area contributed by atoms with Crippen LogP contribution >= 0.6 is 11.6 Å². The summed E-state index contributed by atoms with van der Waals surface area (Å²) < 4.78 is 17.5. The first-order chi connectivity index (χ1) is 18.8. The van der Waals surface area contributed by atoms with Crippen LogP contribution in [-0.4, -0.2) is 38.8 Å². The largest absolute Gasteiger partial charge is 0.469 e. The standard InChI is InChI=1S/C33H53ClO5Si/c1-9-10-13-17-29(38-24(2)35)25-19-21-26(22-20-25)32-27(16-14-11-12-15-18-31(36)37-6)28(34)23-30(32)39-40(7,8)33(3,4)5/h11,14,19-22,27-30,32H,9-10,12-13,15-18,23H2,1-8H3/b14-11-/t27?,28-,29?,30-,32-/m1/s1. The summed E-state index contributed by atoms with van der Waals surface area (Å²) in [6, 6.07) is 8.64. The Bertz CT molecular complexity index is 953. The first kappa shape index (κ1) is 34.6. The molecule has 0 saturated heterocycles. The summed E-state index contributed by atoms with van der Waals surface area (Å²) in [6.45, 7) is 15.1. The van der Waals surface area contributed by atoms with E-state index in [1.807, 2.05) is 0 Å². The molecule has 1 aliphatic carbocycles. The minimum Gasteiger partial charge on any atom is -0.469 e. The number of benzene rings is 1. The Morgan fingerprint density at radius 2 is 1.77 bits per heavy atom. The molecule has 1 aliphatic rings. The van der Waals surface area contributed by atoms with Gasteiger partial charge in [0, 0.05) is 24.6 Å². The second kappa shape index (κ2) is 16.1. The second-order valence-electron chi connectivity index (χ2n) is 12.8. The first-order valence-corrected chi connectivity index (χ1v) is 18.5. The Kier molecular flexibility index (Phi) is 13.9. The first-order valence-electron chi connectivity index (χ1n) is 15.1. The Labute approximate surface area is 249 Å². The van der Waals surface area contributed by atoms with E-state index in [2.05, 4.69) is 77.2 Å². The minimum atomic E-state index is -2.01. The number of unbranched alkanes of at least 4 members (excludes halogenated alkanes) is 3. The number of allylic oxidation sites excluding steroid dienone is 2. The summed E-state index contributed by atoms with van der Waals surface area (Å²) in [7, 11) is -0.584. The van der Waals surface area contributed by atoms with Gasteiger partial charge in [-0.15, -0.1) is 11.6 Å². The number of carbonyl (C=O) groups is 2. The van der Waals surface area contributed by atoms with Gasteiger partial charge in [-0.05, 0) is 73.7 Å². The van der Waals surface area contributed by atoms with Gasteiger partial charge < -0.3 is 13.9 Å². The molecule has 0 spiro atoms. The monoisotopic (exact) mass is 592 g/mol. The van der Waals surface area contributed by atoms with E-state index in [4.69, 9.17) is 25.5 Å². The number of methoxy groups -OCH3 is 1. The second-order valence-corrected chi connectivity index (χ2v) is 18.1. The number of hydrogen-bond acceptors (Lipinski definition) is 5. The highest BCUT2D eigenvalue weighted by atomic mass is 35.5. The molecule has 1 saturated carbocycles. The molecule has 0 bridgehead atoms. The van der Waals surface area contributed by atoms with Crippen LogP contribution in [0.15, 0.2) is 36.4 Å². The van der Waals surface area contributed by atoms with Gasteiger partial charge in [0.2, 0.25) is 0 Å². The van der Waals surface area contributed by atoms with Crippen LogP contribution in [0.4, 0.5) is 0 Å². The van der Waals surface area contributed by atoms with Crippen LogP contribution in [0.5, 0.6) is 0 Å². The van der Waals surface area contributed by atoms with Crippen LogP contribution in [0.3, 0.4) is 0 Å². The maximum Gasteiger partial charge on any atom is 0.305 e. The number of ether oxygens (including phenoxy) is 2. The molecular formula is C33H53ClO5Si. The molecule has 40 heavy (non-hydrogen) atoms. The van der Waals surface area contributed by atoms with Crippen LogP contribution in [0.25, 0.3) is 0 Å². The Hall–Kier alpha value is -1.63. The SMILES string of the molecule is CCCCCC(OC(C)=O)c1ccc([C@@H]2C(C/C=C\CCCC(=O)OC)[C@H](Cl)C[C@H]2O[Si](C)(C)C(C)(C)C)cc1. The van der Waals surface area contributed by atoms with E-state index < -0.39 is 8.32 Å². The summed E-state index contributed by atoms with van der Waals surface area (Å²) in [5.41, 5.74) is 2.27. The van der Waals surface area contributed by atoms with E-state index >= 15 is 0 Å². The van der Waals surface area contributed by atoms with E-state index in [1.165, 1.54) is 19.6 Å². The van der Waals surface area contributed by atoms with Crippen molar-refractivity contribution in [3.05, 3.63) is 47.5 Å². The van der Waals surface area contributed by atoms with Crippen LogP contribution in [-0.2, 0) is 23.5 Å².